The minimum absolute atomic E-state index is 0.217. The Kier molecular flexibility index (Phi) is 3.66. The first-order chi connectivity index (χ1) is 10.1. The van der Waals surface area contributed by atoms with Crippen LogP contribution in [0.1, 0.15) is 35.8 Å². The first-order valence-corrected chi connectivity index (χ1v) is 6.94. The molecule has 0 amide bonds. The Balaban J connectivity index is 1.68. The molecule has 0 bridgehead atoms. The summed E-state index contributed by atoms with van der Waals surface area (Å²) < 4.78 is 0. The fourth-order valence-electron chi connectivity index (χ4n) is 2.31. The molecule has 1 fully saturated rings. The minimum atomic E-state index is -0.217. The summed E-state index contributed by atoms with van der Waals surface area (Å²) in [6.45, 7) is 2.42. The van der Waals surface area contributed by atoms with Crippen LogP contribution < -0.4 is 11.1 Å². The fourth-order valence-corrected chi connectivity index (χ4v) is 2.31. The van der Waals surface area contributed by atoms with Crippen LogP contribution in [-0.2, 0) is 6.54 Å². The Morgan fingerprint density at radius 3 is 2.76 bits per heavy atom. The van der Waals surface area contributed by atoms with Crippen LogP contribution >= 0.6 is 0 Å². The summed E-state index contributed by atoms with van der Waals surface area (Å²) in [5.74, 6) is 1.18. The summed E-state index contributed by atoms with van der Waals surface area (Å²) in [5.41, 5.74) is 8.34. The van der Waals surface area contributed by atoms with E-state index < -0.39 is 0 Å². The molecule has 21 heavy (non-hydrogen) atoms. The fraction of sp³-hybridized carbons (Fsp3) is 0.429. The van der Waals surface area contributed by atoms with Gasteiger partial charge in [-0.15, -0.1) is 0 Å². The van der Waals surface area contributed by atoms with Gasteiger partial charge in [-0.2, -0.15) is 4.98 Å². The lowest BCUT2D eigenvalue weighted by Crippen LogP contribution is -2.27. The number of anilines is 2. The van der Waals surface area contributed by atoms with E-state index in [2.05, 4.69) is 25.3 Å². The number of hydrogen-bond acceptors (Lipinski definition) is 7. The molecule has 2 aromatic heterocycles. The highest BCUT2D eigenvalue weighted by atomic mass is 16.3. The quantitative estimate of drug-likeness (QED) is 0.769. The van der Waals surface area contributed by atoms with Gasteiger partial charge in [-0.05, 0) is 19.8 Å². The third-order valence-corrected chi connectivity index (χ3v) is 3.58. The topological polar surface area (TPSA) is 110 Å². The molecule has 7 heteroatoms. The van der Waals surface area contributed by atoms with Crippen molar-refractivity contribution >= 4 is 11.8 Å². The number of nitrogens with one attached hydrogen (secondary N) is 1. The molecule has 0 saturated heterocycles. The van der Waals surface area contributed by atoms with Crippen molar-refractivity contribution in [2.24, 2.45) is 0 Å². The molecule has 0 atom stereocenters. The van der Waals surface area contributed by atoms with Gasteiger partial charge in [-0.1, -0.05) is 0 Å². The highest BCUT2D eigenvalue weighted by Crippen LogP contribution is 2.36. The van der Waals surface area contributed by atoms with E-state index in [9.17, 15) is 5.11 Å². The Bertz CT molecular complexity index is 624. The average molecular weight is 286 g/mol. The minimum Gasteiger partial charge on any atom is -0.393 e. The van der Waals surface area contributed by atoms with Crippen molar-refractivity contribution in [3.8, 4) is 0 Å². The highest BCUT2D eigenvalue weighted by molar-refractivity contribution is 5.42. The molecule has 1 aliphatic carbocycles. The van der Waals surface area contributed by atoms with Gasteiger partial charge in [0.15, 0.2) is 0 Å². The van der Waals surface area contributed by atoms with Gasteiger partial charge < -0.3 is 16.2 Å². The maximum Gasteiger partial charge on any atom is 0.222 e. The van der Waals surface area contributed by atoms with E-state index in [1.54, 1.807) is 12.4 Å². The maximum absolute atomic E-state index is 9.39. The van der Waals surface area contributed by atoms with E-state index in [0.717, 1.165) is 29.9 Å². The van der Waals surface area contributed by atoms with Gasteiger partial charge in [0.25, 0.3) is 0 Å². The predicted molar refractivity (Wildman–Crippen MR) is 78.5 cm³/mol. The molecule has 4 N–H and O–H groups in total. The molecule has 1 aliphatic rings. The van der Waals surface area contributed by atoms with Crippen LogP contribution in [0.4, 0.5) is 11.8 Å². The summed E-state index contributed by atoms with van der Waals surface area (Å²) in [4.78, 5) is 16.9. The Morgan fingerprint density at radius 2 is 2.10 bits per heavy atom. The molecule has 1 saturated carbocycles. The monoisotopic (exact) mass is 286 g/mol. The Labute approximate surface area is 122 Å². The van der Waals surface area contributed by atoms with E-state index in [4.69, 9.17) is 5.73 Å². The lowest BCUT2D eigenvalue weighted by molar-refractivity contribution is 0.0732. The zero-order valence-corrected chi connectivity index (χ0v) is 11.8. The van der Waals surface area contributed by atoms with Gasteiger partial charge in [0.1, 0.15) is 5.82 Å². The SMILES string of the molecule is Cc1cnc(CNc2cc(C3CC(O)C3)nc(N)n2)cn1. The van der Waals surface area contributed by atoms with Crippen LogP contribution in [0.25, 0.3) is 0 Å². The molecule has 0 aromatic carbocycles. The summed E-state index contributed by atoms with van der Waals surface area (Å²) in [6.07, 6.45) is 4.71. The lowest BCUT2D eigenvalue weighted by Gasteiger charge is -2.30. The number of nitrogen functional groups attached to an aromatic ring is 1. The first-order valence-electron chi connectivity index (χ1n) is 6.94. The van der Waals surface area contributed by atoms with E-state index in [1.807, 2.05) is 13.0 Å². The van der Waals surface area contributed by atoms with E-state index in [0.29, 0.717) is 12.4 Å². The number of aliphatic hydroxyl groups excluding tert-OH is 1. The van der Waals surface area contributed by atoms with E-state index in [-0.39, 0.29) is 18.0 Å². The van der Waals surface area contributed by atoms with Crippen molar-refractivity contribution in [2.45, 2.75) is 38.3 Å². The third kappa shape index (κ3) is 3.25. The van der Waals surface area contributed by atoms with Crippen molar-refractivity contribution in [3.05, 3.63) is 35.5 Å². The Hall–Kier alpha value is -2.28. The molecule has 2 heterocycles. The number of hydrogen-bond donors (Lipinski definition) is 3. The maximum atomic E-state index is 9.39. The van der Waals surface area contributed by atoms with Crippen LogP contribution in [0.5, 0.6) is 0 Å². The number of aromatic nitrogens is 4. The summed E-state index contributed by atoms with van der Waals surface area (Å²) in [6, 6.07) is 1.88. The van der Waals surface area contributed by atoms with Crippen LogP contribution in [0.3, 0.4) is 0 Å². The molecular formula is C14H18N6O. The molecule has 3 rings (SSSR count). The van der Waals surface area contributed by atoms with Crippen LogP contribution in [0, 0.1) is 6.92 Å². The zero-order chi connectivity index (χ0) is 14.8. The highest BCUT2D eigenvalue weighted by Gasteiger charge is 2.30. The third-order valence-electron chi connectivity index (χ3n) is 3.58. The molecular weight excluding hydrogens is 268 g/mol. The Morgan fingerprint density at radius 1 is 1.29 bits per heavy atom. The zero-order valence-electron chi connectivity index (χ0n) is 11.8. The normalized spacial score (nSPS) is 20.9. The number of aryl methyl sites for hydroxylation is 1. The average Bonchev–Trinajstić information content (AvgIpc) is 2.43. The van der Waals surface area contributed by atoms with Gasteiger partial charge in [-0.25, -0.2) is 4.98 Å². The van der Waals surface area contributed by atoms with Crippen molar-refractivity contribution in [2.75, 3.05) is 11.1 Å². The molecule has 0 radical (unpaired) electrons. The molecule has 7 nitrogen and oxygen atoms in total. The summed E-state index contributed by atoms with van der Waals surface area (Å²) >= 11 is 0. The largest absolute Gasteiger partial charge is 0.393 e. The molecule has 0 aliphatic heterocycles. The number of nitrogens with zero attached hydrogens (tertiary/aromatic N) is 4. The van der Waals surface area contributed by atoms with Crippen molar-refractivity contribution in [3.63, 3.8) is 0 Å². The van der Waals surface area contributed by atoms with E-state index >= 15 is 0 Å². The van der Waals surface area contributed by atoms with Gasteiger partial charge >= 0.3 is 0 Å². The van der Waals surface area contributed by atoms with Crippen LogP contribution in [0.15, 0.2) is 18.5 Å². The summed E-state index contributed by atoms with van der Waals surface area (Å²) in [7, 11) is 0. The molecule has 2 aromatic rings. The second-order valence-corrected chi connectivity index (χ2v) is 5.36. The van der Waals surface area contributed by atoms with Crippen molar-refractivity contribution in [1.82, 2.24) is 19.9 Å². The summed E-state index contributed by atoms with van der Waals surface area (Å²) in [5, 5.41) is 12.6. The second kappa shape index (κ2) is 5.61. The standard InChI is InChI=1S/C14H18N6O/c1-8-5-17-10(6-16-8)7-18-13-4-12(19-14(15)20-13)9-2-11(21)3-9/h4-6,9,11,21H,2-3,7H2,1H3,(H3,15,18,19,20). The van der Waals surface area contributed by atoms with Gasteiger partial charge in [0.2, 0.25) is 5.95 Å². The van der Waals surface area contributed by atoms with E-state index in [1.165, 1.54) is 0 Å². The van der Waals surface area contributed by atoms with Crippen LogP contribution in [0.2, 0.25) is 0 Å². The second-order valence-electron chi connectivity index (χ2n) is 5.36. The van der Waals surface area contributed by atoms with Crippen molar-refractivity contribution < 1.29 is 5.11 Å². The number of rotatable bonds is 4. The first kappa shape index (κ1) is 13.7. The van der Waals surface area contributed by atoms with Gasteiger partial charge in [-0.3, -0.25) is 9.97 Å². The van der Waals surface area contributed by atoms with Gasteiger partial charge in [0.05, 0.1) is 35.9 Å². The lowest BCUT2D eigenvalue weighted by atomic mass is 9.80. The predicted octanol–water partition coefficient (Wildman–Crippen LogP) is 1.01. The smallest absolute Gasteiger partial charge is 0.222 e. The van der Waals surface area contributed by atoms with Crippen molar-refractivity contribution in [1.29, 1.82) is 0 Å². The van der Waals surface area contributed by atoms with Crippen LogP contribution in [-0.4, -0.2) is 31.1 Å². The molecule has 0 spiro atoms. The number of nitrogens with two attached hydrogens (primary N) is 1. The molecule has 110 valence electrons. The number of aliphatic hydroxyl groups is 1. The van der Waals surface area contributed by atoms with Gasteiger partial charge in [0, 0.05) is 18.2 Å². The molecule has 0 unspecified atom stereocenters.